The van der Waals surface area contributed by atoms with Crippen molar-refractivity contribution in [1.29, 1.82) is 0 Å². The molecule has 0 saturated carbocycles. The van der Waals surface area contributed by atoms with Crippen LogP contribution in [0.1, 0.15) is 5.56 Å². The van der Waals surface area contributed by atoms with Crippen LogP contribution in [0.5, 0.6) is 0 Å². The molecule has 0 bridgehead atoms. The van der Waals surface area contributed by atoms with Crippen molar-refractivity contribution in [2.24, 2.45) is 0 Å². The van der Waals surface area contributed by atoms with E-state index in [-0.39, 0.29) is 0 Å². The summed E-state index contributed by atoms with van der Waals surface area (Å²) in [5, 5.41) is 3.18. The summed E-state index contributed by atoms with van der Waals surface area (Å²) in [6, 6.07) is 14.3. The van der Waals surface area contributed by atoms with Gasteiger partial charge >= 0.3 is 0 Å². The van der Waals surface area contributed by atoms with Crippen LogP contribution in [-0.4, -0.2) is 4.98 Å². The maximum atomic E-state index is 4.61. The van der Waals surface area contributed by atoms with Crippen molar-refractivity contribution in [1.82, 2.24) is 4.98 Å². The predicted octanol–water partition coefficient (Wildman–Crippen LogP) is 3.70. The molecule has 2 heteroatoms. The molecule has 2 heterocycles. The fourth-order valence-electron chi connectivity index (χ4n) is 1.86. The zero-order chi connectivity index (χ0) is 11.7. The SMILES string of the molecule is C=C1C=Cc2ccc(-c3ccccc3)nc2N1. The number of nitrogens with one attached hydrogen (secondary N) is 1. The average Bonchev–Trinajstić information content (AvgIpc) is 2.39. The van der Waals surface area contributed by atoms with Gasteiger partial charge in [-0.1, -0.05) is 36.9 Å². The lowest BCUT2D eigenvalue weighted by atomic mass is 10.1. The molecule has 0 radical (unpaired) electrons. The summed E-state index contributed by atoms with van der Waals surface area (Å²) in [6.07, 6.45) is 3.97. The van der Waals surface area contributed by atoms with E-state index in [1.807, 2.05) is 36.4 Å². The average molecular weight is 220 g/mol. The third-order valence-corrected chi connectivity index (χ3v) is 2.74. The highest BCUT2D eigenvalue weighted by Crippen LogP contribution is 2.26. The van der Waals surface area contributed by atoms with Crippen molar-refractivity contribution in [3.05, 3.63) is 66.4 Å². The minimum atomic E-state index is 0.871. The lowest BCUT2D eigenvalue weighted by Gasteiger charge is -2.14. The molecular formula is C15H12N2. The third kappa shape index (κ3) is 1.85. The molecule has 82 valence electrons. The fraction of sp³-hybridized carbons (Fsp3) is 0. The second-order valence-corrected chi connectivity index (χ2v) is 3.98. The number of benzene rings is 1. The number of allylic oxidation sites excluding steroid dienone is 1. The number of pyridine rings is 1. The fourth-order valence-corrected chi connectivity index (χ4v) is 1.86. The molecule has 1 aliphatic heterocycles. The van der Waals surface area contributed by atoms with Gasteiger partial charge in [0.2, 0.25) is 0 Å². The van der Waals surface area contributed by atoms with Crippen LogP contribution in [-0.2, 0) is 0 Å². The monoisotopic (exact) mass is 220 g/mol. The van der Waals surface area contributed by atoms with Gasteiger partial charge in [0.05, 0.1) is 5.69 Å². The predicted molar refractivity (Wildman–Crippen MR) is 71.5 cm³/mol. The molecule has 0 saturated heterocycles. The smallest absolute Gasteiger partial charge is 0.138 e. The zero-order valence-electron chi connectivity index (χ0n) is 9.35. The molecule has 1 aliphatic rings. The standard InChI is InChI=1S/C15H12N2/c1-11-7-8-13-9-10-14(17-15(13)16-11)12-5-3-2-4-6-12/h2-10H,1H2,(H,16,17). The topological polar surface area (TPSA) is 24.9 Å². The number of fused-ring (bicyclic) bond motifs is 1. The van der Waals surface area contributed by atoms with Crippen LogP contribution in [0.4, 0.5) is 5.82 Å². The van der Waals surface area contributed by atoms with Crippen LogP contribution in [0.15, 0.2) is 60.8 Å². The van der Waals surface area contributed by atoms with Crippen molar-refractivity contribution in [2.45, 2.75) is 0 Å². The summed E-state index contributed by atoms with van der Waals surface area (Å²) < 4.78 is 0. The van der Waals surface area contributed by atoms with E-state index in [1.54, 1.807) is 0 Å². The lowest BCUT2D eigenvalue weighted by Crippen LogP contribution is -2.04. The Balaban J connectivity index is 2.08. The number of hydrogen-bond donors (Lipinski definition) is 1. The van der Waals surface area contributed by atoms with Crippen LogP contribution >= 0.6 is 0 Å². The molecule has 0 amide bonds. The molecule has 1 aromatic heterocycles. The normalized spacial score (nSPS) is 13.1. The Morgan fingerprint density at radius 3 is 2.59 bits per heavy atom. The molecule has 3 rings (SSSR count). The van der Waals surface area contributed by atoms with Gasteiger partial charge in [0, 0.05) is 16.8 Å². The molecule has 2 aromatic rings. The lowest BCUT2D eigenvalue weighted by molar-refractivity contribution is 1.27. The molecule has 2 nitrogen and oxygen atoms in total. The molecular weight excluding hydrogens is 208 g/mol. The largest absolute Gasteiger partial charge is 0.340 e. The van der Waals surface area contributed by atoms with Crippen molar-refractivity contribution in [3.8, 4) is 11.3 Å². The Labute approximate surface area is 100 Å². The van der Waals surface area contributed by atoms with E-state index in [1.165, 1.54) is 0 Å². The maximum absolute atomic E-state index is 4.61. The summed E-state index contributed by atoms with van der Waals surface area (Å²) in [4.78, 5) is 4.61. The van der Waals surface area contributed by atoms with E-state index in [2.05, 4.69) is 35.1 Å². The highest BCUT2D eigenvalue weighted by Gasteiger charge is 2.08. The van der Waals surface area contributed by atoms with E-state index < -0.39 is 0 Å². The first-order valence-corrected chi connectivity index (χ1v) is 5.53. The molecule has 1 N–H and O–H groups in total. The Hall–Kier alpha value is -2.35. The van der Waals surface area contributed by atoms with Crippen LogP contribution < -0.4 is 5.32 Å². The minimum Gasteiger partial charge on any atom is -0.340 e. The quantitative estimate of drug-likeness (QED) is 0.792. The summed E-state index contributed by atoms with van der Waals surface area (Å²) >= 11 is 0. The van der Waals surface area contributed by atoms with Gasteiger partial charge in [-0.25, -0.2) is 4.98 Å². The van der Waals surface area contributed by atoms with E-state index in [0.29, 0.717) is 0 Å². The summed E-state index contributed by atoms with van der Waals surface area (Å²) in [5.74, 6) is 0.874. The molecule has 0 atom stereocenters. The van der Waals surface area contributed by atoms with Gasteiger partial charge in [0.25, 0.3) is 0 Å². The molecule has 17 heavy (non-hydrogen) atoms. The Morgan fingerprint density at radius 1 is 0.941 bits per heavy atom. The van der Waals surface area contributed by atoms with E-state index in [0.717, 1.165) is 28.3 Å². The number of anilines is 1. The Morgan fingerprint density at radius 2 is 1.76 bits per heavy atom. The summed E-state index contributed by atoms with van der Waals surface area (Å²) in [6.45, 7) is 3.88. The van der Waals surface area contributed by atoms with Gasteiger partial charge in [-0.15, -0.1) is 0 Å². The van der Waals surface area contributed by atoms with Gasteiger partial charge in [-0.05, 0) is 24.3 Å². The van der Waals surface area contributed by atoms with Crippen molar-refractivity contribution in [2.75, 3.05) is 5.32 Å². The maximum Gasteiger partial charge on any atom is 0.138 e. The van der Waals surface area contributed by atoms with Crippen molar-refractivity contribution in [3.63, 3.8) is 0 Å². The Bertz CT molecular complexity index is 598. The van der Waals surface area contributed by atoms with Gasteiger partial charge in [-0.3, -0.25) is 0 Å². The van der Waals surface area contributed by atoms with Crippen LogP contribution in [0.25, 0.3) is 17.3 Å². The highest BCUT2D eigenvalue weighted by molar-refractivity contribution is 5.74. The van der Waals surface area contributed by atoms with Gasteiger partial charge in [-0.2, -0.15) is 0 Å². The van der Waals surface area contributed by atoms with E-state index >= 15 is 0 Å². The third-order valence-electron chi connectivity index (χ3n) is 2.74. The van der Waals surface area contributed by atoms with E-state index in [4.69, 9.17) is 0 Å². The number of rotatable bonds is 1. The second kappa shape index (κ2) is 3.91. The van der Waals surface area contributed by atoms with Crippen molar-refractivity contribution < 1.29 is 0 Å². The summed E-state index contributed by atoms with van der Waals surface area (Å²) in [7, 11) is 0. The number of aromatic nitrogens is 1. The molecule has 0 fully saturated rings. The molecule has 0 unspecified atom stereocenters. The first-order valence-electron chi connectivity index (χ1n) is 5.53. The Kier molecular flexibility index (Phi) is 2.26. The molecule has 0 spiro atoms. The first kappa shape index (κ1) is 9.85. The van der Waals surface area contributed by atoms with Crippen molar-refractivity contribution >= 4 is 11.9 Å². The summed E-state index contributed by atoms with van der Waals surface area (Å²) in [5.41, 5.74) is 4.06. The first-order chi connectivity index (χ1) is 8.33. The van der Waals surface area contributed by atoms with E-state index in [9.17, 15) is 0 Å². The zero-order valence-corrected chi connectivity index (χ0v) is 9.35. The van der Waals surface area contributed by atoms with Crippen LogP contribution in [0, 0.1) is 0 Å². The number of hydrogen-bond acceptors (Lipinski definition) is 2. The van der Waals surface area contributed by atoms with Crippen LogP contribution in [0.2, 0.25) is 0 Å². The second-order valence-electron chi connectivity index (χ2n) is 3.98. The molecule has 0 aliphatic carbocycles. The minimum absolute atomic E-state index is 0.871. The van der Waals surface area contributed by atoms with Gasteiger partial charge < -0.3 is 5.32 Å². The number of nitrogens with zero attached hydrogens (tertiary/aromatic N) is 1. The highest BCUT2D eigenvalue weighted by atomic mass is 15.0. The molecule has 1 aromatic carbocycles. The van der Waals surface area contributed by atoms with Gasteiger partial charge in [0.1, 0.15) is 5.82 Å². The van der Waals surface area contributed by atoms with Crippen LogP contribution in [0.3, 0.4) is 0 Å². The van der Waals surface area contributed by atoms with Gasteiger partial charge in [0.15, 0.2) is 0 Å².